The zero-order chi connectivity index (χ0) is 11.0. The van der Waals surface area contributed by atoms with Crippen molar-refractivity contribution in [1.29, 1.82) is 0 Å². The smallest absolute Gasteiger partial charge is 0.139 e. The van der Waals surface area contributed by atoms with Crippen LogP contribution in [0.2, 0.25) is 0 Å². The normalized spacial score (nSPS) is 33.9. The summed E-state index contributed by atoms with van der Waals surface area (Å²) < 4.78 is 0. The molecule has 1 saturated heterocycles. The minimum atomic E-state index is 0.438. The zero-order valence-electron chi connectivity index (χ0n) is 10.1. The van der Waals surface area contributed by atoms with E-state index in [1.165, 1.54) is 51.4 Å². The summed E-state index contributed by atoms with van der Waals surface area (Å²) in [6.07, 6.45) is 10.0. The summed E-state index contributed by atoms with van der Waals surface area (Å²) in [5, 5.41) is 3.41. The third kappa shape index (κ3) is 1.81. The average molecular weight is 221 g/mol. The van der Waals surface area contributed by atoms with E-state index in [2.05, 4.69) is 5.32 Å². The number of hydrogen-bond acceptors (Lipinski definition) is 2. The van der Waals surface area contributed by atoms with Gasteiger partial charge in [0.25, 0.3) is 0 Å². The van der Waals surface area contributed by atoms with E-state index in [1.54, 1.807) is 0 Å². The molecule has 90 valence electrons. The Hall–Kier alpha value is -0.370. The highest BCUT2D eigenvalue weighted by molar-refractivity contribution is 5.87. The fraction of sp³-hybridized carbons (Fsp3) is 0.929. The molecule has 0 radical (unpaired) electrons. The Balaban J connectivity index is 1.60. The van der Waals surface area contributed by atoms with Gasteiger partial charge in [0.15, 0.2) is 0 Å². The van der Waals surface area contributed by atoms with Crippen molar-refractivity contribution in [3.8, 4) is 0 Å². The lowest BCUT2D eigenvalue weighted by molar-refractivity contribution is -0.126. The number of hydrogen-bond donors (Lipinski definition) is 1. The van der Waals surface area contributed by atoms with Gasteiger partial charge in [0.1, 0.15) is 5.78 Å². The maximum atomic E-state index is 12.4. The predicted octanol–water partition coefficient (Wildman–Crippen LogP) is 2.53. The van der Waals surface area contributed by atoms with Gasteiger partial charge in [0, 0.05) is 11.8 Å². The second kappa shape index (κ2) is 4.14. The van der Waals surface area contributed by atoms with Crippen LogP contribution >= 0.6 is 0 Å². The number of rotatable bonds is 2. The van der Waals surface area contributed by atoms with Gasteiger partial charge in [-0.3, -0.25) is 4.79 Å². The van der Waals surface area contributed by atoms with Crippen LogP contribution in [-0.4, -0.2) is 18.9 Å². The molecule has 2 heteroatoms. The van der Waals surface area contributed by atoms with Gasteiger partial charge in [-0.25, -0.2) is 0 Å². The summed E-state index contributed by atoms with van der Waals surface area (Å²) in [5.41, 5.74) is 0.458. The molecule has 16 heavy (non-hydrogen) atoms. The molecule has 1 N–H and O–H groups in total. The molecule has 0 aromatic heterocycles. The first-order valence-electron chi connectivity index (χ1n) is 7.06. The standard InChI is InChI=1S/C14H23NO/c16-13(11-4-2-1-3-5-11)12-10-14(12)6-8-15-9-7-14/h11-12,15H,1-10H2. The molecule has 1 atom stereocenters. The van der Waals surface area contributed by atoms with E-state index >= 15 is 0 Å². The van der Waals surface area contributed by atoms with Gasteiger partial charge >= 0.3 is 0 Å². The van der Waals surface area contributed by atoms with Crippen LogP contribution in [0, 0.1) is 17.3 Å². The van der Waals surface area contributed by atoms with Gasteiger partial charge in [0.05, 0.1) is 0 Å². The van der Waals surface area contributed by atoms with Crippen molar-refractivity contribution in [3.63, 3.8) is 0 Å². The Kier molecular flexibility index (Phi) is 2.78. The van der Waals surface area contributed by atoms with Crippen LogP contribution in [0.5, 0.6) is 0 Å². The van der Waals surface area contributed by atoms with Gasteiger partial charge in [-0.05, 0) is 50.6 Å². The molecular weight excluding hydrogens is 198 g/mol. The zero-order valence-corrected chi connectivity index (χ0v) is 10.1. The number of Topliss-reactive ketones (excluding diaryl/α,β-unsaturated/α-hetero) is 1. The molecule has 1 spiro atoms. The van der Waals surface area contributed by atoms with Crippen LogP contribution < -0.4 is 5.32 Å². The first kappa shape index (κ1) is 10.8. The second-order valence-corrected chi connectivity index (χ2v) is 6.11. The van der Waals surface area contributed by atoms with Gasteiger partial charge in [-0.15, -0.1) is 0 Å². The summed E-state index contributed by atoms with van der Waals surface area (Å²) in [6.45, 7) is 2.27. The van der Waals surface area contributed by atoms with Crippen LogP contribution in [0.1, 0.15) is 51.4 Å². The maximum absolute atomic E-state index is 12.4. The lowest BCUT2D eigenvalue weighted by atomic mass is 9.81. The number of ketones is 1. The molecule has 2 aliphatic carbocycles. The molecule has 1 aliphatic heterocycles. The van der Waals surface area contributed by atoms with Gasteiger partial charge in [-0.2, -0.15) is 0 Å². The highest BCUT2D eigenvalue weighted by Crippen LogP contribution is 2.60. The highest BCUT2D eigenvalue weighted by Gasteiger charge is 2.58. The number of nitrogens with one attached hydrogen (secondary N) is 1. The molecule has 2 nitrogen and oxygen atoms in total. The molecule has 0 aromatic rings. The third-order valence-electron chi connectivity index (χ3n) is 5.14. The lowest BCUT2D eigenvalue weighted by Gasteiger charge is -2.25. The van der Waals surface area contributed by atoms with E-state index in [9.17, 15) is 4.79 Å². The highest BCUT2D eigenvalue weighted by atomic mass is 16.1. The molecule has 3 aliphatic rings. The SMILES string of the molecule is O=C(C1CCCCC1)C1CC12CCNCC2. The summed E-state index contributed by atoms with van der Waals surface area (Å²) in [6, 6.07) is 0. The quantitative estimate of drug-likeness (QED) is 0.776. The Morgan fingerprint density at radius 1 is 1.06 bits per heavy atom. The van der Waals surface area contributed by atoms with Crippen molar-refractivity contribution in [2.75, 3.05) is 13.1 Å². The Labute approximate surface area is 98.2 Å². The van der Waals surface area contributed by atoms with Crippen molar-refractivity contribution in [3.05, 3.63) is 0 Å². The third-order valence-corrected chi connectivity index (χ3v) is 5.14. The molecule has 3 rings (SSSR count). The largest absolute Gasteiger partial charge is 0.317 e. The molecule has 0 amide bonds. The van der Waals surface area contributed by atoms with Gasteiger partial charge in [-0.1, -0.05) is 19.3 Å². The van der Waals surface area contributed by atoms with E-state index < -0.39 is 0 Å². The minimum Gasteiger partial charge on any atom is -0.317 e. The molecule has 2 saturated carbocycles. The maximum Gasteiger partial charge on any atom is 0.139 e. The van der Waals surface area contributed by atoms with Crippen molar-refractivity contribution >= 4 is 5.78 Å². The van der Waals surface area contributed by atoms with Crippen molar-refractivity contribution < 1.29 is 4.79 Å². The van der Waals surface area contributed by atoms with E-state index in [-0.39, 0.29) is 0 Å². The molecule has 1 heterocycles. The molecular formula is C14H23NO. The van der Waals surface area contributed by atoms with Gasteiger partial charge in [0.2, 0.25) is 0 Å². The number of carbonyl (C=O) groups excluding carboxylic acids is 1. The van der Waals surface area contributed by atoms with E-state index in [4.69, 9.17) is 0 Å². The first-order chi connectivity index (χ1) is 7.82. The summed E-state index contributed by atoms with van der Waals surface area (Å²) >= 11 is 0. The summed E-state index contributed by atoms with van der Waals surface area (Å²) in [4.78, 5) is 12.4. The van der Waals surface area contributed by atoms with Crippen LogP contribution in [0.25, 0.3) is 0 Å². The minimum absolute atomic E-state index is 0.438. The van der Waals surface area contributed by atoms with Crippen molar-refractivity contribution in [2.24, 2.45) is 17.3 Å². The Morgan fingerprint density at radius 3 is 2.44 bits per heavy atom. The molecule has 0 bridgehead atoms. The Morgan fingerprint density at radius 2 is 1.75 bits per heavy atom. The van der Waals surface area contributed by atoms with E-state index in [1.807, 2.05) is 0 Å². The van der Waals surface area contributed by atoms with Crippen LogP contribution in [-0.2, 0) is 4.79 Å². The van der Waals surface area contributed by atoms with Crippen LogP contribution in [0.3, 0.4) is 0 Å². The lowest BCUT2D eigenvalue weighted by Crippen LogP contribution is -2.32. The average Bonchev–Trinajstić information content (AvgIpc) is 3.04. The monoisotopic (exact) mass is 221 g/mol. The topological polar surface area (TPSA) is 29.1 Å². The fourth-order valence-corrected chi connectivity index (χ4v) is 3.90. The van der Waals surface area contributed by atoms with Crippen molar-refractivity contribution in [1.82, 2.24) is 5.32 Å². The number of piperidine rings is 1. The van der Waals surface area contributed by atoms with Gasteiger partial charge < -0.3 is 5.32 Å². The predicted molar refractivity (Wildman–Crippen MR) is 64.2 cm³/mol. The molecule has 1 unspecified atom stereocenters. The number of carbonyl (C=O) groups is 1. The second-order valence-electron chi connectivity index (χ2n) is 6.11. The van der Waals surface area contributed by atoms with Crippen LogP contribution in [0.15, 0.2) is 0 Å². The molecule has 0 aromatic carbocycles. The van der Waals surface area contributed by atoms with E-state index in [0.29, 0.717) is 23.0 Å². The Bertz CT molecular complexity index is 274. The summed E-state index contributed by atoms with van der Waals surface area (Å²) in [5.74, 6) is 1.53. The first-order valence-corrected chi connectivity index (χ1v) is 7.06. The van der Waals surface area contributed by atoms with Crippen molar-refractivity contribution in [2.45, 2.75) is 51.4 Å². The summed E-state index contributed by atoms with van der Waals surface area (Å²) in [7, 11) is 0. The van der Waals surface area contributed by atoms with E-state index in [0.717, 1.165) is 13.1 Å². The molecule has 3 fully saturated rings. The fourth-order valence-electron chi connectivity index (χ4n) is 3.90. The van der Waals surface area contributed by atoms with Crippen LogP contribution in [0.4, 0.5) is 0 Å².